The summed E-state index contributed by atoms with van der Waals surface area (Å²) in [6.07, 6.45) is 1.91. The van der Waals surface area contributed by atoms with Gasteiger partial charge in [-0.1, -0.05) is 42.0 Å². The maximum Gasteiger partial charge on any atom is 0.266 e. The molecular formula is C22H24N2O2S. The molecule has 2 aromatic carbocycles. The highest BCUT2D eigenvalue weighted by molar-refractivity contribution is 8.18. The van der Waals surface area contributed by atoms with Crippen molar-refractivity contribution in [3.63, 3.8) is 0 Å². The molecule has 1 aliphatic heterocycles. The fourth-order valence-corrected chi connectivity index (χ4v) is 3.93. The standard InChI is InChI=1S/C22H24N2O2S/c1-4-23-22-24(5-2)21(25)20(27-22)14-17-9-11-19(12-10-17)26-15-18-8-6-7-16(3)13-18/h6-14H,4-5,15H2,1-3H3. The lowest BCUT2D eigenvalue weighted by atomic mass is 10.1. The largest absolute Gasteiger partial charge is 0.489 e. The minimum atomic E-state index is 0.0227. The number of ether oxygens (including phenoxy) is 1. The normalized spacial score (nSPS) is 17.1. The zero-order chi connectivity index (χ0) is 19.2. The van der Waals surface area contributed by atoms with Crippen molar-refractivity contribution in [1.82, 2.24) is 4.90 Å². The molecule has 0 atom stereocenters. The highest BCUT2D eigenvalue weighted by Gasteiger charge is 2.31. The SMILES string of the molecule is CCN=C1SC(=Cc2ccc(OCc3cccc(C)c3)cc2)C(=O)N1CC. The lowest BCUT2D eigenvalue weighted by Crippen LogP contribution is -2.28. The molecule has 27 heavy (non-hydrogen) atoms. The van der Waals surface area contributed by atoms with Gasteiger partial charge in [0.1, 0.15) is 12.4 Å². The van der Waals surface area contributed by atoms with Gasteiger partial charge in [0.05, 0.1) is 4.91 Å². The molecule has 3 rings (SSSR count). The van der Waals surface area contributed by atoms with Crippen LogP contribution in [0.1, 0.15) is 30.5 Å². The summed E-state index contributed by atoms with van der Waals surface area (Å²) >= 11 is 1.44. The molecule has 0 bridgehead atoms. The van der Waals surface area contributed by atoms with Crippen molar-refractivity contribution in [1.29, 1.82) is 0 Å². The number of benzene rings is 2. The van der Waals surface area contributed by atoms with Crippen molar-refractivity contribution in [3.05, 3.63) is 70.1 Å². The van der Waals surface area contributed by atoms with Gasteiger partial charge >= 0.3 is 0 Å². The molecule has 0 radical (unpaired) electrons. The van der Waals surface area contributed by atoms with Crippen LogP contribution in [0.5, 0.6) is 5.75 Å². The van der Waals surface area contributed by atoms with E-state index in [9.17, 15) is 4.79 Å². The molecule has 1 aliphatic rings. The first-order valence-electron chi connectivity index (χ1n) is 9.15. The number of hydrogen-bond acceptors (Lipinski definition) is 4. The number of carbonyl (C=O) groups is 1. The van der Waals surface area contributed by atoms with Crippen LogP contribution in [-0.2, 0) is 11.4 Å². The summed E-state index contributed by atoms with van der Waals surface area (Å²) in [4.78, 5) is 19.4. The van der Waals surface area contributed by atoms with E-state index in [0.29, 0.717) is 24.6 Å². The lowest BCUT2D eigenvalue weighted by molar-refractivity contribution is -0.122. The number of aliphatic imine (C=N–C) groups is 1. The summed E-state index contributed by atoms with van der Waals surface area (Å²) in [6.45, 7) is 7.86. The van der Waals surface area contributed by atoms with Crippen LogP contribution >= 0.6 is 11.8 Å². The molecule has 1 fully saturated rings. The van der Waals surface area contributed by atoms with Crippen LogP contribution in [0.25, 0.3) is 6.08 Å². The van der Waals surface area contributed by atoms with E-state index >= 15 is 0 Å². The van der Waals surface area contributed by atoms with Crippen LogP contribution in [0.4, 0.5) is 0 Å². The van der Waals surface area contributed by atoms with Crippen LogP contribution in [0, 0.1) is 6.92 Å². The molecule has 2 aromatic rings. The quantitative estimate of drug-likeness (QED) is 0.670. The van der Waals surface area contributed by atoms with E-state index in [-0.39, 0.29) is 5.91 Å². The summed E-state index contributed by atoms with van der Waals surface area (Å²) in [5.74, 6) is 0.835. The molecule has 0 spiro atoms. The molecule has 5 heteroatoms. The van der Waals surface area contributed by atoms with E-state index in [1.54, 1.807) is 4.90 Å². The van der Waals surface area contributed by atoms with Crippen molar-refractivity contribution in [2.45, 2.75) is 27.4 Å². The topological polar surface area (TPSA) is 41.9 Å². The van der Waals surface area contributed by atoms with Gasteiger partial charge in [0.25, 0.3) is 5.91 Å². The smallest absolute Gasteiger partial charge is 0.266 e. The van der Waals surface area contributed by atoms with Gasteiger partial charge in [-0.2, -0.15) is 0 Å². The Kier molecular flexibility index (Phi) is 6.35. The molecule has 140 valence electrons. The Labute approximate surface area is 164 Å². The summed E-state index contributed by atoms with van der Waals surface area (Å²) in [6, 6.07) is 16.1. The third-order valence-electron chi connectivity index (χ3n) is 4.16. The van der Waals surface area contributed by atoms with Gasteiger partial charge in [-0.15, -0.1) is 0 Å². The molecule has 0 saturated carbocycles. The summed E-state index contributed by atoms with van der Waals surface area (Å²) in [5, 5.41) is 0.786. The molecule has 0 aliphatic carbocycles. The second-order valence-corrected chi connectivity index (χ2v) is 7.27. The predicted octanol–water partition coefficient (Wildman–Crippen LogP) is 4.89. The van der Waals surface area contributed by atoms with E-state index in [1.165, 1.54) is 17.3 Å². The second-order valence-electron chi connectivity index (χ2n) is 6.26. The summed E-state index contributed by atoms with van der Waals surface area (Å²) in [7, 11) is 0. The summed E-state index contributed by atoms with van der Waals surface area (Å²) in [5.41, 5.74) is 3.35. The van der Waals surface area contributed by atoms with Crippen LogP contribution in [0.3, 0.4) is 0 Å². The number of carbonyl (C=O) groups excluding carboxylic acids is 1. The third-order valence-corrected chi connectivity index (χ3v) is 5.21. The zero-order valence-electron chi connectivity index (χ0n) is 15.9. The van der Waals surface area contributed by atoms with E-state index < -0.39 is 0 Å². The molecule has 1 saturated heterocycles. The highest BCUT2D eigenvalue weighted by Crippen LogP contribution is 2.32. The molecule has 0 unspecified atom stereocenters. The Balaban J connectivity index is 1.67. The zero-order valence-corrected chi connectivity index (χ0v) is 16.8. The van der Waals surface area contributed by atoms with Gasteiger partial charge in [0, 0.05) is 13.1 Å². The predicted molar refractivity (Wildman–Crippen MR) is 113 cm³/mol. The maximum absolute atomic E-state index is 12.5. The van der Waals surface area contributed by atoms with E-state index in [2.05, 4.69) is 30.1 Å². The highest BCUT2D eigenvalue weighted by atomic mass is 32.2. The fourth-order valence-electron chi connectivity index (χ4n) is 2.82. The molecule has 1 heterocycles. The van der Waals surface area contributed by atoms with Crippen LogP contribution < -0.4 is 4.74 Å². The average Bonchev–Trinajstić information content (AvgIpc) is 2.96. The second kappa shape index (κ2) is 8.91. The first-order chi connectivity index (χ1) is 13.1. The van der Waals surface area contributed by atoms with Crippen LogP contribution in [0.15, 0.2) is 58.4 Å². The molecule has 0 aromatic heterocycles. The number of aryl methyl sites for hydroxylation is 1. The number of thioether (sulfide) groups is 1. The molecule has 0 N–H and O–H groups in total. The minimum Gasteiger partial charge on any atom is -0.489 e. The van der Waals surface area contributed by atoms with Crippen molar-refractivity contribution in [2.75, 3.05) is 13.1 Å². The average molecular weight is 381 g/mol. The van der Waals surface area contributed by atoms with Gasteiger partial charge in [0.15, 0.2) is 5.17 Å². The number of likely N-dealkylation sites (N-methyl/N-ethyl adjacent to an activating group) is 1. The number of rotatable bonds is 6. The number of amidine groups is 1. The van der Waals surface area contributed by atoms with Gasteiger partial charge in [-0.25, -0.2) is 0 Å². The Morgan fingerprint density at radius 3 is 2.59 bits per heavy atom. The van der Waals surface area contributed by atoms with Gasteiger partial charge < -0.3 is 4.74 Å². The Hall–Kier alpha value is -2.53. The van der Waals surface area contributed by atoms with Crippen molar-refractivity contribution in [2.24, 2.45) is 4.99 Å². The number of hydrogen-bond donors (Lipinski definition) is 0. The molecular weight excluding hydrogens is 356 g/mol. The van der Waals surface area contributed by atoms with E-state index in [0.717, 1.165) is 22.0 Å². The minimum absolute atomic E-state index is 0.0227. The van der Waals surface area contributed by atoms with Crippen LogP contribution in [-0.4, -0.2) is 29.1 Å². The van der Waals surface area contributed by atoms with Gasteiger partial charge in [-0.05, 0) is 61.9 Å². The fraction of sp³-hybridized carbons (Fsp3) is 0.273. The lowest BCUT2D eigenvalue weighted by Gasteiger charge is -2.11. The van der Waals surface area contributed by atoms with Gasteiger partial charge in [-0.3, -0.25) is 14.7 Å². The first-order valence-corrected chi connectivity index (χ1v) is 9.96. The van der Waals surface area contributed by atoms with E-state index in [1.807, 2.05) is 50.3 Å². The Morgan fingerprint density at radius 2 is 1.93 bits per heavy atom. The van der Waals surface area contributed by atoms with E-state index in [4.69, 9.17) is 4.74 Å². The van der Waals surface area contributed by atoms with Crippen molar-refractivity contribution < 1.29 is 9.53 Å². The van der Waals surface area contributed by atoms with Crippen LogP contribution in [0.2, 0.25) is 0 Å². The number of nitrogens with zero attached hydrogens (tertiary/aromatic N) is 2. The Bertz CT molecular complexity index is 872. The number of amides is 1. The third kappa shape index (κ3) is 4.80. The monoisotopic (exact) mass is 380 g/mol. The Morgan fingerprint density at radius 1 is 1.15 bits per heavy atom. The van der Waals surface area contributed by atoms with Crippen molar-refractivity contribution >= 4 is 28.9 Å². The first kappa shape index (κ1) is 19.2. The summed E-state index contributed by atoms with van der Waals surface area (Å²) < 4.78 is 5.86. The maximum atomic E-state index is 12.5. The molecule has 1 amide bonds. The van der Waals surface area contributed by atoms with Crippen molar-refractivity contribution in [3.8, 4) is 5.75 Å². The molecule has 4 nitrogen and oxygen atoms in total. The van der Waals surface area contributed by atoms with Gasteiger partial charge in [0.2, 0.25) is 0 Å².